The summed E-state index contributed by atoms with van der Waals surface area (Å²) in [4.78, 5) is 22.2. The molecule has 0 spiro atoms. The Kier molecular flexibility index (Phi) is 5.75. The van der Waals surface area contributed by atoms with Crippen molar-refractivity contribution in [3.63, 3.8) is 0 Å². The van der Waals surface area contributed by atoms with Crippen molar-refractivity contribution in [3.05, 3.63) is 28.7 Å². The fraction of sp³-hybridized carbons (Fsp3) is 0.333. The molecule has 0 aliphatic rings. The van der Waals surface area contributed by atoms with Crippen LogP contribution in [0.2, 0.25) is 0 Å². The summed E-state index contributed by atoms with van der Waals surface area (Å²) in [5, 5.41) is 10.7. The molecule has 1 aromatic rings. The van der Waals surface area contributed by atoms with Gasteiger partial charge < -0.3 is 15.2 Å². The number of amides is 1. The number of carbonyl (C=O) groups excluding carboxylic acids is 1. The van der Waals surface area contributed by atoms with Crippen molar-refractivity contribution in [2.45, 2.75) is 19.1 Å². The summed E-state index contributed by atoms with van der Waals surface area (Å²) in [5.41, 5.74) is 0. The largest absolute Gasteiger partial charge is 0.481 e. The zero-order valence-corrected chi connectivity index (χ0v) is 11.7. The predicted molar refractivity (Wildman–Crippen MR) is 69.8 cm³/mol. The number of benzene rings is 1. The molecular formula is C12H13BrFNO4. The van der Waals surface area contributed by atoms with Gasteiger partial charge in [-0.1, -0.05) is 22.0 Å². The van der Waals surface area contributed by atoms with E-state index in [1.807, 2.05) is 0 Å². The monoisotopic (exact) mass is 333 g/mol. The highest BCUT2D eigenvalue weighted by atomic mass is 79.9. The van der Waals surface area contributed by atoms with Crippen LogP contribution in [0.15, 0.2) is 28.7 Å². The fourth-order valence-corrected chi connectivity index (χ4v) is 1.63. The maximum Gasteiger partial charge on any atom is 0.328 e. The molecule has 2 N–H and O–H groups in total. The summed E-state index contributed by atoms with van der Waals surface area (Å²) in [5.74, 6) is -1.67. The molecule has 7 heteroatoms. The van der Waals surface area contributed by atoms with Crippen molar-refractivity contribution >= 4 is 27.8 Å². The summed E-state index contributed by atoms with van der Waals surface area (Å²) in [6, 6.07) is 5.28. The minimum Gasteiger partial charge on any atom is -0.481 e. The van der Waals surface area contributed by atoms with E-state index in [0.29, 0.717) is 5.75 Å². The average Bonchev–Trinajstić information content (AvgIpc) is 2.35. The molecule has 0 aliphatic heterocycles. The summed E-state index contributed by atoms with van der Waals surface area (Å²) in [6.45, 7) is 0.276. The van der Waals surface area contributed by atoms with E-state index in [-0.39, 0.29) is 0 Å². The van der Waals surface area contributed by atoms with Crippen molar-refractivity contribution < 1.29 is 23.8 Å². The summed E-state index contributed by atoms with van der Waals surface area (Å²) >= 11 is 3.25. The molecule has 1 aromatic carbocycles. The van der Waals surface area contributed by atoms with Crippen LogP contribution in [0.3, 0.4) is 0 Å². The van der Waals surface area contributed by atoms with Gasteiger partial charge in [0.1, 0.15) is 12.4 Å². The number of rotatable bonds is 6. The third kappa shape index (κ3) is 4.86. The van der Waals surface area contributed by atoms with E-state index >= 15 is 0 Å². The number of aliphatic carboxylic acids is 1. The number of hydrogen-bond acceptors (Lipinski definition) is 3. The van der Waals surface area contributed by atoms with Crippen molar-refractivity contribution in [2.24, 2.45) is 0 Å². The molecule has 1 rings (SSSR count). The van der Waals surface area contributed by atoms with Crippen LogP contribution in [0.5, 0.6) is 5.75 Å². The van der Waals surface area contributed by atoms with Gasteiger partial charge >= 0.3 is 5.97 Å². The van der Waals surface area contributed by atoms with Crippen molar-refractivity contribution in [2.75, 3.05) is 6.67 Å². The smallest absolute Gasteiger partial charge is 0.328 e. The number of carboxylic acid groups (broad SMARTS) is 1. The molecule has 0 saturated carbocycles. The second-order valence-corrected chi connectivity index (χ2v) is 4.69. The van der Waals surface area contributed by atoms with Gasteiger partial charge in [-0.25, -0.2) is 9.18 Å². The van der Waals surface area contributed by atoms with Gasteiger partial charge in [0.15, 0.2) is 12.1 Å². The first kappa shape index (κ1) is 15.4. The van der Waals surface area contributed by atoms with Gasteiger partial charge in [-0.15, -0.1) is 0 Å². The molecule has 0 bridgehead atoms. The molecule has 1 amide bonds. The quantitative estimate of drug-likeness (QED) is 0.831. The maximum absolute atomic E-state index is 12.4. The van der Waals surface area contributed by atoms with Crippen molar-refractivity contribution in [3.8, 4) is 5.75 Å². The lowest BCUT2D eigenvalue weighted by molar-refractivity contribution is -0.143. The highest BCUT2D eigenvalue weighted by molar-refractivity contribution is 9.10. The summed E-state index contributed by atoms with van der Waals surface area (Å²) in [6.07, 6.45) is -0.928. The maximum atomic E-state index is 12.4. The van der Waals surface area contributed by atoms with Gasteiger partial charge in [0.25, 0.3) is 5.91 Å². The van der Waals surface area contributed by atoms with Crippen LogP contribution >= 0.6 is 15.9 Å². The van der Waals surface area contributed by atoms with E-state index in [9.17, 15) is 14.0 Å². The molecule has 0 saturated heterocycles. The van der Waals surface area contributed by atoms with Crippen LogP contribution in [-0.2, 0) is 9.59 Å². The Morgan fingerprint density at radius 3 is 2.74 bits per heavy atom. The molecule has 0 radical (unpaired) electrons. The number of carboxylic acids is 1. The van der Waals surface area contributed by atoms with E-state index in [0.717, 1.165) is 4.47 Å². The highest BCUT2D eigenvalue weighted by Gasteiger charge is 2.23. The average molecular weight is 334 g/mol. The van der Waals surface area contributed by atoms with Crippen molar-refractivity contribution in [1.82, 2.24) is 5.32 Å². The molecule has 104 valence electrons. The van der Waals surface area contributed by atoms with Crippen LogP contribution in [0.4, 0.5) is 4.39 Å². The van der Waals surface area contributed by atoms with E-state index in [4.69, 9.17) is 9.84 Å². The first-order chi connectivity index (χ1) is 8.93. The minimum atomic E-state index is -1.55. The number of nitrogens with one attached hydrogen (secondary N) is 1. The van der Waals surface area contributed by atoms with Gasteiger partial charge in [0.2, 0.25) is 0 Å². The van der Waals surface area contributed by atoms with Crippen LogP contribution in [-0.4, -0.2) is 35.8 Å². The second-order valence-electron chi connectivity index (χ2n) is 3.77. The van der Waals surface area contributed by atoms with E-state index in [1.165, 1.54) is 6.92 Å². The molecule has 5 nitrogen and oxygen atoms in total. The SMILES string of the molecule is CC(Oc1cccc(Br)c1)C(=O)NC(CF)C(=O)O. The molecule has 2 unspecified atom stereocenters. The van der Waals surface area contributed by atoms with E-state index in [1.54, 1.807) is 24.3 Å². The Bertz CT molecular complexity index is 469. The molecule has 2 atom stereocenters. The lowest BCUT2D eigenvalue weighted by Gasteiger charge is -2.17. The van der Waals surface area contributed by atoms with Gasteiger partial charge in [-0.05, 0) is 25.1 Å². The normalized spacial score (nSPS) is 13.4. The van der Waals surface area contributed by atoms with E-state index < -0.39 is 30.7 Å². The van der Waals surface area contributed by atoms with Gasteiger partial charge in [-0.2, -0.15) is 0 Å². The van der Waals surface area contributed by atoms with Crippen molar-refractivity contribution in [1.29, 1.82) is 0 Å². The number of hydrogen-bond donors (Lipinski definition) is 2. The van der Waals surface area contributed by atoms with Gasteiger partial charge in [0.05, 0.1) is 0 Å². The van der Waals surface area contributed by atoms with Crippen LogP contribution in [0.25, 0.3) is 0 Å². The topological polar surface area (TPSA) is 75.6 Å². The van der Waals surface area contributed by atoms with Crippen LogP contribution < -0.4 is 10.1 Å². The Labute approximate surface area is 117 Å². The highest BCUT2D eigenvalue weighted by Crippen LogP contribution is 2.18. The standard InChI is InChI=1S/C12H13BrFNO4/c1-7(11(16)15-10(6-14)12(17)18)19-9-4-2-3-8(13)5-9/h2-5,7,10H,6H2,1H3,(H,15,16)(H,17,18). The van der Waals surface area contributed by atoms with Gasteiger partial charge in [-0.3, -0.25) is 4.79 Å². The lowest BCUT2D eigenvalue weighted by Crippen LogP contribution is -2.47. The Morgan fingerprint density at radius 1 is 1.53 bits per heavy atom. The molecule has 0 aromatic heterocycles. The lowest BCUT2D eigenvalue weighted by atomic mass is 10.3. The Hall–Kier alpha value is -1.63. The second kappa shape index (κ2) is 7.08. The number of alkyl halides is 1. The summed E-state index contributed by atoms with van der Waals surface area (Å²) < 4.78 is 18.5. The van der Waals surface area contributed by atoms with Crippen LogP contribution in [0, 0.1) is 0 Å². The molecule has 0 aliphatic carbocycles. The van der Waals surface area contributed by atoms with Gasteiger partial charge in [0, 0.05) is 4.47 Å². The Morgan fingerprint density at radius 2 is 2.21 bits per heavy atom. The zero-order chi connectivity index (χ0) is 14.4. The summed E-state index contributed by atoms with van der Waals surface area (Å²) in [7, 11) is 0. The first-order valence-corrected chi connectivity index (χ1v) is 6.24. The number of halogens is 2. The molecule has 19 heavy (non-hydrogen) atoms. The minimum absolute atomic E-state index is 0.448. The molecule has 0 heterocycles. The zero-order valence-electron chi connectivity index (χ0n) is 10.1. The third-order valence-electron chi connectivity index (χ3n) is 2.25. The predicted octanol–water partition coefficient (Wildman–Crippen LogP) is 1.76. The first-order valence-electron chi connectivity index (χ1n) is 5.45. The Balaban J connectivity index is 2.60. The fourth-order valence-electron chi connectivity index (χ4n) is 1.25. The van der Waals surface area contributed by atoms with Crippen LogP contribution in [0.1, 0.15) is 6.92 Å². The number of carbonyl (C=O) groups is 2. The van der Waals surface area contributed by atoms with E-state index in [2.05, 4.69) is 21.2 Å². The molecule has 0 fully saturated rings. The molecular weight excluding hydrogens is 321 g/mol. The number of ether oxygens (including phenoxy) is 1. The third-order valence-corrected chi connectivity index (χ3v) is 2.74.